The molecule has 0 aromatic carbocycles. The monoisotopic (exact) mass is 252 g/mol. The number of aromatic nitrogens is 1. The zero-order valence-electron chi connectivity index (χ0n) is 11.9. The summed E-state index contributed by atoms with van der Waals surface area (Å²) in [6, 6.07) is 3.80. The summed E-state index contributed by atoms with van der Waals surface area (Å²) in [5.41, 5.74) is 7.08. The first-order chi connectivity index (χ1) is 8.33. The van der Waals surface area contributed by atoms with E-state index in [2.05, 4.69) is 11.9 Å². The van der Waals surface area contributed by atoms with E-state index in [9.17, 15) is 0 Å². The number of rotatable bonds is 5. The van der Waals surface area contributed by atoms with Crippen LogP contribution in [0.2, 0.25) is 0 Å². The first kappa shape index (κ1) is 14.9. The molecule has 2 N–H and O–H groups in total. The Morgan fingerprint density at radius 1 is 1.33 bits per heavy atom. The van der Waals surface area contributed by atoms with Gasteiger partial charge in [0.05, 0.1) is 19.3 Å². The van der Waals surface area contributed by atoms with Gasteiger partial charge in [-0.25, -0.2) is 4.98 Å². The molecule has 0 bridgehead atoms. The van der Waals surface area contributed by atoms with Crippen LogP contribution in [0.15, 0.2) is 18.3 Å². The summed E-state index contributed by atoms with van der Waals surface area (Å²) in [5.74, 6) is 0.816. The molecule has 0 radical (unpaired) electrons. The molecule has 0 saturated carbocycles. The summed E-state index contributed by atoms with van der Waals surface area (Å²) in [4.78, 5) is 4.19. The summed E-state index contributed by atoms with van der Waals surface area (Å²) in [6.45, 7) is 8.70. The number of pyridine rings is 1. The Bertz CT molecular complexity index is 357. The van der Waals surface area contributed by atoms with Gasteiger partial charge in [-0.1, -0.05) is 13.0 Å². The summed E-state index contributed by atoms with van der Waals surface area (Å²) in [6.07, 6.45) is 1.81. The van der Waals surface area contributed by atoms with E-state index in [4.69, 9.17) is 15.2 Å². The SMILES string of the molecule is COc1ccc([C@@H](C)[C@@H](N)COC(C)(C)C)cn1. The number of ether oxygens (including phenoxy) is 2. The summed E-state index contributed by atoms with van der Waals surface area (Å²) in [7, 11) is 1.61. The van der Waals surface area contributed by atoms with Crippen molar-refractivity contribution in [2.75, 3.05) is 13.7 Å². The zero-order chi connectivity index (χ0) is 13.8. The molecule has 4 nitrogen and oxygen atoms in total. The molecule has 0 spiro atoms. The second-order valence-corrected chi connectivity index (χ2v) is 5.51. The van der Waals surface area contributed by atoms with Gasteiger partial charge in [-0.15, -0.1) is 0 Å². The summed E-state index contributed by atoms with van der Waals surface area (Å²) < 4.78 is 10.7. The molecule has 0 aliphatic rings. The normalized spacial score (nSPS) is 15.2. The van der Waals surface area contributed by atoms with Crippen LogP contribution in [0, 0.1) is 0 Å². The average Bonchev–Trinajstić information content (AvgIpc) is 2.34. The van der Waals surface area contributed by atoms with Crippen LogP contribution < -0.4 is 10.5 Å². The molecule has 0 unspecified atom stereocenters. The van der Waals surface area contributed by atoms with E-state index in [-0.39, 0.29) is 17.6 Å². The van der Waals surface area contributed by atoms with Gasteiger partial charge in [0.15, 0.2) is 0 Å². The Balaban J connectivity index is 2.59. The molecule has 0 fully saturated rings. The maximum absolute atomic E-state index is 6.14. The predicted molar refractivity (Wildman–Crippen MR) is 72.9 cm³/mol. The molecular weight excluding hydrogens is 228 g/mol. The zero-order valence-corrected chi connectivity index (χ0v) is 11.9. The summed E-state index contributed by atoms with van der Waals surface area (Å²) >= 11 is 0. The van der Waals surface area contributed by atoms with E-state index in [0.717, 1.165) is 5.56 Å². The van der Waals surface area contributed by atoms with Crippen LogP contribution in [0.25, 0.3) is 0 Å². The van der Waals surface area contributed by atoms with Gasteiger partial charge in [0, 0.05) is 18.3 Å². The second-order valence-electron chi connectivity index (χ2n) is 5.51. The molecular formula is C14H24N2O2. The predicted octanol–water partition coefficient (Wildman–Crippen LogP) is 2.34. The Morgan fingerprint density at radius 2 is 2.00 bits per heavy atom. The van der Waals surface area contributed by atoms with Crippen molar-refractivity contribution >= 4 is 0 Å². The van der Waals surface area contributed by atoms with Gasteiger partial charge < -0.3 is 15.2 Å². The van der Waals surface area contributed by atoms with E-state index in [1.54, 1.807) is 13.3 Å². The van der Waals surface area contributed by atoms with Crippen LogP contribution >= 0.6 is 0 Å². The van der Waals surface area contributed by atoms with Gasteiger partial charge in [0.25, 0.3) is 0 Å². The van der Waals surface area contributed by atoms with Gasteiger partial charge in [-0.3, -0.25) is 0 Å². The molecule has 1 aromatic rings. The Labute approximate surface area is 110 Å². The molecule has 1 heterocycles. The van der Waals surface area contributed by atoms with Gasteiger partial charge in [-0.2, -0.15) is 0 Å². The lowest BCUT2D eigenvalue weighted by atomic mass is 9.95. The molecule has 0 saturated heterocycles. The third-order valence-corrected chi connectivity index (χ3v) is 2.85. The van der Waals surface area contributed by atoms with Crippen molar-refractivity contribution < 1.29 is 9.47 Å². The summed E-state index contributed by atoms with van der Waals surface area (Å²) in [5, 5.41) is 0. The number of methoxy groups -OCH3 is 1. The van der Waals surface area contributed by atoms with Crippen LogP contribution in [0.3, 0.4) is 0 Å². The number of nitrogens with two attached hydrogens (primary N) is 1. The first-order valence-electron chi connectivity index (χ1n) is 6.23. The Morgan fingerprint density at radius 3 is 2.44 bits per heavy atom. The van der Waals surface area contributed by atoms with Crippen LogP contribution in [-0.2, 0) is 4.74 Å². The fourth-order valence-corrected chi connectivity index (χ4v) is 1.52. The highest BCUT2D eigenvalue weighted by Gasteiger charge is 2.19. The first-order valence-corrected chi connectivity index (χ1v) is 6.23. The van der Waals surface area contributed by atoms with Crippen LogP contribution in [0.5, 0.6) is 5.88 Å². The minimum atomic E-state index is -0.157. The second kappa shape index (κ2) is 6.16. The van der Waals surface area contributed by atoms with Crippen molar-refractivity contribution in [2.45, 2.75) is 45.3 Å². The van der Waals surface area contributed by atoms with Crippen LogP contribution in [0.1, 0.15) is 39.2 Å². The van der Waals surface area contributed by atoms with Crippen molar-refractivity contribution in [3.8, 4) is 5.88 Å². The molecule has 0 amide bonds. The topological polar surface area (TPSA) is 57.4 Å². The average molecular weight is 252 g/mol. The highest BCUT2D eigenvalue weighted by Crippen LogP contribution is 2.20. The largest absolute Gasteiger partial charge is 0.481 e. The Kier molecular flexibility index (Phi) is 5.11. The fraction of sp³-hybridized carbons (Fsp3) is 0.643. The van der Waals surface area contributed by atoms with Crippen molar-refractivity contribution in [3.05, 3.63) is 23.9 Å². The number of nitrogens with zero attached hydrogens (tertiary/aromatic N) is 1. The van der Waals surface area contributed by atoms with Gasteiger partial charge in [-0.05, 0) is 32.3 Å². The molecule has 0 aliphatic carbocycles. The van der Waals surface area contributed by atoms with Crippen molar-refractivity contribution in [1.29, 1.82) is 0 Å². The van der Waals surface area contributed by atoms with Gasteiger partial charge in [0.1, 0.15) is 0 Å². The van der Waals surface area contributed by atoms with Gasteiger partial charge >= 0.3 is 0 Å². The van der Waals surface area contributed by atoms with E-state index >= 15 is 0 Å². The van der Waals surface area contributed by atoms with Crippen LogP contribution in [-0.4, -0.2) is 30.3 Å². The smallest absolute Gasteiger partial charge is 0.212 e. The van der Waals surface area contributed by atoms with E-state index < -0.39 is 0 Å². The third-order valence-electron chi connectivity index (χ3n) is 2.85. The van der Waals surface area contributed by atoms with E-state index in [1.165, 1.54) is 0 Å². The lowest BCUT2D eigenvalue weighted by Crippen LogP contribution is -2.35. The maximum Gasteiger partial charge on any atom is 0.212 e. The molecule has 0 aliphatic heterocycles. The fourth-order valence-electron chi connectivity index (χ4n) is 1.52. The highest BCUT2D eigenvalue weighted by molar-refractivity contribution is 5.21. The van der Waals surface area contributed by atoms with Gasteiger partial charge in [0.2, 0.25) is 5.88 Å². The minimum Gasteiger partial charge on any atom is -0.481 e. The van der Waals surface area contributed by atoms with Crippen molar-refractivity contribution in [3.63, 3.8) is 0 Å². The number of hydrogen-bond acceptors (Lipinski definition) is 4. The quantitative estimate of drug-likeness (QED) is 0.874. The van der Waals surface area contributed by atoms with Crippen molar-refractivity contribution in [2.24, 2.45) is 5.73 Å². The number of hydrogen-bond donors (Lipinski definition) is 1. The van der Waals surface area contributed by atoms with Crippen molar-refractivity contribution in [1.82, 2.24) is 4.98 Å². The minimum absolute atomic E-state index is 0.0422. The molecule has 1 rings (SSSR count). The maximum atomic E-state index is 6.14. The lowest BCUT2D eigenvalue weighted by molar-refractivity contribution is -0.0122. The molecule has 4 heteroatoms. The Hall–Kier alpha value is -1.13. The highest BCUT2D eigenvalue weighted by atomic mass is 16.5. The lowest BCUT2D eigenvalue weighted by Gasteiger charge is -2.25. The van der Waals surface area contributed by atoms with E-state index in [1.807, 2.05) is 32.9 Å². The van der Waals surface area contributed by atoms with Crippen LogP contribution in [0.4, 0.5) is 0 Å². The van der Waals surface area contributed by atoms with E-state index in [0.29, 0.717) is 12.5 Å². The molecule has 2 atom stereocenters. The standard InChI is InChI=1S/C14H24N2O2/c1-10(12(15)9-18-14(2,3)4)11-6-7-13(17-5)16-8-11/h6-8,10,12H,9,15H2,1-5H3/t10-,12+/m1/s1. The molecule has 1 aromatic heterocycles. The molecule has 18 heavy (non-hydrogen) atoms. The third kappa shape index (κ3) is 4.63. The molecule has 102 valence electrons.